The van der Waals surface area contributed by atoms with Crippen molar-refractivity contribution in [2.75, 3.05) is 6.61 Å². The van der Waals surface area contributed by atoms with Gasteiger partial charge in [0, 0.05) is 6.42 Å². The maximum Gasteiger partial charge on any atom is 0.407 e. The summed E-state index contributed by atoms with van der Waals surface area (Å²) in [4.78, 5) is 11.4. The van der Waals surface area contributed by atoms with Gasteiger partial charge >= 0.3 is 6.09 Å². The van der Waals surface area contributed by atoms with Crippen molar-refractivity contribution in [1.29, 1.82) is 0 Å². The molecular formula is C11H17NO3. The van der Waals surface area contributed by atoms with Gasteiger partial charge in [0.1, 0.15) is 0 Å². The molecule has 2 aliphatic rings. The first kappa shape index (κ1) is 10.5. The number of hydrogen-bond acceptors (Lipinski definition) is 3. The van der Waals surface area contributed by atoms with E-state index in [1.807, 2.05) is 26.0 Å². The van der Waals surface area contributed by atoms with Gasteiger partial charge in [-0.1, -0.05) is 26.0 Å². The molecular weight excluding hydrogens is 194 g/mol. The lowest BCUT2D eigenvalue weighted by Gasteiger charge is -2.17. The molecule has 0 aromatic carbocycles. The molecule has 2 aliphatic heterocycles. The lowest BCUT2D eigenvalue weighted by atomic mass is 10.0. The number of carbonyl (C=O) groups is 1. The average molecular weight is 211 g/mol. The van der Waals surface area contributed by atoms with Crippen molar-refractivity contribution in [2.45, 2.75) is 38.5 Å². The minimum atomic E-state index is -0.335. The smallest absolute Gasteiger partial charge is 0.407 e. The molecule has 1 amide bonds. The second-order valence-corrected chi connectivity index (χ2v) is 4.50. The standard InChI is InChI=1S/C11H17NO3/c1-7(2)6-14-11(13)12-9-5-8-3-4-10(9)15-8/h3-4,7-10H,5-6H2,1-2H3,(H,12,13). The molecule has 2 bridgehead atoms. The van der Waals surface area contributed by atoms with Crippen molar-refractivity contribution in [1.82, 2.24) is 5.32 Å². The number of fused-ring (bicyclic) bond motifs is 2. The van der Waals surface area contributed by atoms with Crippen molar-refractivity contribution in [3.8, 4) is 0 Å². The number of rotatable bonds is 3. The van der Waals surface area contributed by atoms with Crippen molar-refractivity contribution in [3.05, 3.63) is 12.2 Å². The van der Waals surface area contributed by atoms with Crippen LogP contribution < -0.4 is 5.32 Å². The van der Waals surface area contributed by atoms with Gasteiger partial charge < -0.3 is 14.8 Å². The Balaban J connectivity index is 1.73. The van der Waals surface area contributed by atoms with Gasteiger partial charge in [0.15, 0.2) is 0 Å². The summed E-state index contributed by atoms with van der Waals surface area (Å²) in [5, 5.41) is 2.83. The Bertz CT molecular complexity index is 275. The van der Waals surface area contributed by atoms with Gasteiger partial charge in [-0.15, -0.1) is 0 Å². The molecule has 4 nitrogen and oxygen atoms in total. The lowest BCUT2D eigenvalue weighted by Crippen LogP contribution is -2.40. The van der Waals surface area contributed by atoms with E-state index in [1.54, 1.807) is 0 Å². The third-order valence-electron chi connectivity index (χ3n) is 2.58. The summed E-state index contributed by atoms with van der Waals surface area (Å²) in [6, 6.07) is 0.0830. The van der Waals surface area contributed by atoms with Crippen LogP contribution in [0.4, 0.5) is 4.79 Å². The first-order valence-electron chi connectivity index (χ1n) is 5.42. The molecule has 2 heterocycles. The third-order valence-corrected chi connectivity index (χ3v) is 2.58. The topological polar surface area (TPSA) is 47.6 Å². The summed E-state index contributed by atoms with van der Waals surface area (Å²) in [6.45, 7) is 4.48. The van der Waals surface area contributed by atoms with E-state index in [0.29, 0.717) is 12.5 Å². The Hall–Kier alpha value is -1.03. The Labute approximate surface area is 89.6 Å². The van der Waals surface area contributed by atoms with Gasteiger partial charge in [-0.2, -0.15) is 0 Å². The van der Waals surface area contributed by atoms with E-state index >= 15 is 0 Å². The van der Waals surface area contributed by atoms with Gasteiger partial charge in [-0.05, 0) is 5.92 Å². The minimum Gasteiger partial charge on any atom is -0.449 e. The molecule has 0 radical (unpaired) electrons. The highest BCUT2D eigenvalue weighted by atomic mass is 16.6. The van der Waals surface area contributed by atoms with Crippen LogP contribution in [0.5, 0.6) is 0 Å². The molecule has 3 atom stereocenters. The Morgan fingerprint density at radius 2 is 2.40 bits per heavy atom. The predicted molar refractivity (Wildman–Crippen MR) is 55.5 cm³/mol. The molecule has 1 N–H and O–H groups in total. The fourth-order valence-corrected chi connectivity index (χ4v) is 1.85. The number of carbonyl (C=O) groups excluding carboxylic acids is 1. The summed E-state index contributed by atoms with van der Waals surface area (Å²) in [5.41, 5.74) is 0. The number of nitrogens with one attached hydrogen (secondary N) is 1. The van der Waals surface area contributed by atoms with Crippen LogP contribution in [0, 0.1) is 5.92 Å². The molecule has 0 spiro atoms. The maximum absolute atomic E-state index is 11.4. The number of hydrogen-bond donors (Lipinski definition) is 1. The van der Waals surface area contributed by atoms with Crippen LogP contribution in [0.3, 0.4) is 0 Å². The van der Waals surface area contributed by atoms with Crippen LogP contribution in [-0.2, 0) is 9.47 Å². The zero-order valence-electron chi connectivity index (χ0n) is 9.10. The lowest BCUT2D eigenvalue weighted by molar-refractivity contribution is 0.104. The second kappa shape index (κ2) is 4.23. The highest BCUT2D eigenvalue weighted by molar-refractivity contribution is 5.67. The molecule has 0 aromatic heterocycles. The summed E-state index contributed by atoms with van der Waals surface area (Å²) in [7, 11) is 0. The van der Waals surface area contributed by atoms with Crippen LogP contribution >= 0.6 is 0 Å². The van der Waals surface area contributed by atoms with Gasteiger partial charge in [0.05, 0.1) is 24.9 Å². The monoisotopic (exact) mass is 211 g/mol. The quantitative estimate of drug-likeness (QED) is 0.719. The second-order valence-electron chi connectivity index (χ2n) is 4.50. The van der Waals surface area contributed by atoms with E-state index in [4.69, 9.17) is 9.47 Å². The molecule has 2 rings (SSSR count). The fourth-order valence-electron chi connectivity index (χ4n) is 1.85. The maximum atomic E-state index is 11.4. The van der Waals surface area contributed by atoms with Crippen LogP contribution in [0.15, 0.2) is 12.2 Å². The van der Waals surface area contributed by atoms with E-state index < -0.39 is 0 Å². The Morgan fingerprint density at radius 1 is 1.60 bits per heavy atom. The summed E-state index contributed by atoms with van der Waals surface area (Å²) in [5.74, 6) is 0.368. The summed E-state index contributed by atoms with van der Waals surface area (Å²) < 4.78 is 10.6. The number of ether oxygens (including phenoxy) is 2. The van der Waals surface area contributed by atoms with Crippen molar-refractivity contribution < 1.29 is 14.3 Å². The van der Waals surface area contributed by atoms with E-state index in [9.17, 15) is 4.79 Å². The molecule has 0 saturated carbocycles. The highest BCUT2D eigenvalue weighted by Gasteiger charge is 2.37. The normalized spacial score (nSPS) is 32.3. The highest BCUT2D eigenvalue weighted by Crippen LogP contribution is 2.28. The molecule has 84 valence electrons. The van der Waals surface area contributed by atoms with Crippen LogP contribution in [-0.4, -0.2) is 30.9 Å². The molecule has 1 fully saturated rings. The van der Waals surface area contributed by atoms with Gasteiger partial charge in [-0.25, -0.2) is 4.79 Å². The van der Waals surface area contributed by atoms with E-state index in [0.717, 1.165) is 6.42 Å². The third kappa shape index (κ3) is 2.50. The van der Waals surface area contributed by atoms with Crippen LogP contribution in [0.25, 0.3) is 0 Å². The van der Waals surface area contributed by atoms with E-state index in [-0.39, 0.29) is 24.3 Å². The van der Waals surface area contributed by atoms with Crippen molar-refractivity contribution >= 4 is 6.09 Å². The van der Waals surface area contributed by atoms with Gasteiger partial charge in [0.25, 0.3) is 0 Å². The molecule has 0 aliphatic carbocycles. The SMILES string of the molecule is CC(C)COC(=O)NC1CC2C=CC1O2. The fraction of sp³-hybridized carbons (Fsp3) is 0.727. The Morgan fingerprint density at radius 3 is 2.93 bits per heavy atom. The molecule has 3 unspecified atom stereocenters. The molecule has 4 heteroatoms. The number of alkyl carbamates (subject to hydrolysis) is 1. The predicted octanol–water partition coefficient (Wildman–Crippen LogP) is 1.46. The van der Waals surface area contributed by atoms with E-state index in [2.05, 4.69) is 5.32 Å². The van der Waals surface area contributed by atoms with Crippen LogP contribution in [0.1, 0.15) is 20.3 Å². The van der Waals surface area contributed by atoms with Crippen LogP contribution in [0.2, 0.25) is 0 Å². The molecule has 15 heavy (non-hydrogen) atoms. The van der Waals surface area contributed by atoms with Crippen molar-refractivity contribution in [2.24, 2.45) is 5.92 Å². The summed E-state index contributed by atoms with van der Waals surface area (Å²) in [6.07, 6.45) is 4.80. The zero-order valence-corrected chi connectivity index (χ0v) is 9.10. The van der Waals surface area contributed by atoms with Gasteiger partial charge in [0.2, 0.25) is 0 Å². The largest absolute Gasteiger partial charge is 0.449 e. The minimum absolute atomic E-state index is 0.0431. The first-order valence-corrected chi connectivity index (χ1v) is 5.42. The van der Waals surface area contributed by atoms with Gasteiger partial charge in [-0.3, -0.25) is 0 Å². The Kier molecular flexibility index (Phi) is 2.95. The average Bonchev–Trinajstić information content (AvgIpc) is 2.76. The number of amides is 1. The first-order chi connectivity index (χ1) is 7.15. The van der Waals surface area contributed by atoms with Crippen molar-refractivity contribution in [3.63, 3.8) is 0 Å². The molecule has 0 aromatic rings. The summed E-state index contributed by atoms with van der Waals surface area (Å²) >= 11 is 0. The molecule has 1 saturated heterocycles. The van der Waals surface area contributed by atoms with E-state index in [1.165, 1.54) is 0 Å². The zero-order chi connectivity index (χ0) is 10.8.